The lowest BCUT2D eigenvalue weighted by Crippen LogP contribution is -1.98. The quantitative estimate of drug-likeness (QED) is 0.236. The SMILES string of the molecule is C1=C[SH](c2ccc3c(c2)c2ccccc2n3-c2cccc(-n3c4ccccc4c4ccccc43)c2)C=C1. The average molecular weight is 493 g/mol. The van der Waals surface area contributed by atoms with Gasteiger partial charge in [-0.1, -0.05) is 72.8 Å². The van der Waals surface area contributed by atoms with Crippen molar-refractivity contribution in [2.24, 2.45) is 0 Å². The lowest BCUT2D eigenvalue weighted by atomic mass is 10.1. The molecule has 0 atom stereocenters. The van der Waals surface area contributed by atoms with Gasteiger partial charge in [-0.25, -0.2) is 0 Å². The summed E-state index contributed by atoms with van der Waals surface area (Å²) in [7, 11) is -0.352. The zero-order chi connectivity index (χ0) is 24.3. The van der Waals surface area contributed by atoms with Crippen LogP contribution in [0.1, 0.15) is 0 Å². The maximum Gasteiger partial charge on any atom is 0.0541 e. The highest BCUT2D eigenvalue weighted by Gasteiger charge is 2.16. The summed E-state index contributed by atoms with van der Waals surface area (Å²) >= 11 is 0. The number of benzene rings is 5. The standard InChI is InChI=1S/C34H24N2S/c1-4-15-31-27(12-1)28-13-2-5-16-32(28)35(31)24-10-9-11-25(22-24)36-33-17-6-3-14-29(33)30-23-26(18-19-34(30)36)37-20-7-8-21-37/h1-23,37H. The number of hydrogen-bond acceptors (Lipinski definition) is 0. The van der Waals surface area contributed by atoms with Crippen LogP contribution in [0, 0.1) is 0 Å². The zero-order valence-corrected chi connectivity index (χ0v) is 21.0. The molecule has 2 aromatic heterocycles. The lowest BCUT2D eigenvalue weighted by molar-refractivity contribution is 1.13. The number of fused-ring (bicyclic) bond motifs is 6. The van der Waals surface area contributed by atoms with Crippen LogP contribution < -0.4 is 0 Å². The Kier molecular flexibility index (Phi) is 4.49. The van der Waals surface area contributed by atoms with Gasteiger partial charge in [0.15, 0.2) is 0 Å². The van der Waals surface area contributed by atoms with E-state index in [0.717, 1.165) is 0 Å². The fourth-order valence-corrected chi connectivity index (χ4v) is 7.42. The van der Waals surface area contributed by atoms with Gasteiger partial charge in [-0.2, -0.15) is 10.9 Å². The monoisotopic (exact) mass is 492 g/mol. The van der Waals surface area contributed by atoms with Crippen LogP contribution in [0.5, 0.6) is 0 Å². The zero-order valence-electron chi connectivity index (χ0n) is 20.1. The summed E-state index contributed by atoms with van der Waals surface area (Å²) in [4.78, 5) is 1.40. The molecule has 5 aromatic carbocycles. The van der Waals surface area contributed by atoms with Gasteiger partial charge >= 0.3 is 0 Å². The van der Waals surface area contributed by atoms with Crippen LogP contribution in [0.2, 0.25) is 0 Å². The maximum absolute atomic E-state index is 2.42. The van der Waals surface area contributed by atoms with E-state index in [9.17, 15) is 0 Å². The van der Waals surface area contributed by atoms with Gasteiger partial charge in [0.1, 0.15) is 0 Å². The van der Waals surface area contributed by atoms with E-state index in [2.05, 4.69) is 147 Å². The Balaban J connectivity index is 1.38. The molecular weight excluding hydrogens is 468 g/mol. The van der Waals surface area contributed by atoms with Crippen molar-refractivity contribution in [3.63, 3.8) is 0 Å². The number of nitrogens with zero attached hydrogens (tertiary/aromatic N) is 2. The molecule has 2 nitrogen and oxygen atoms in total. The highest BCUT2D eigenvalue weighted by Crippen LogP contribution is 2.44. The van der Waals surface area contributed by atoms with Crippen molar-refractivity contribution in [1.29, 1.82) is 0 Å². The number of rotatable bonds is 3. The van der Waals surface area contributed by atoms with Gasteiger partial charge in [0.2, 0.25) is 0 Å². The minimum Gasteiger partial charge on any atom is -0.309 e. The molecule has 0 bridgehead atoms. The van der Waals surface area contributed by atoms with Crippen molar-refractivity contribution >= 4 is 54.5 Å². The van der Waals surface area contributed by atoms with Crippen LogP contribution in [-0.4, -0.2) is 9.13 Å². The van der Waals surface area contributed by atoms with Gasteiger partial charge in [-0.15, -0.1) is 0 Å². The lowest BCUT2D eigenvalue weighted by Gasteiger charge is -2.13. The molecule has 8 rings (SSSR count). The van der Waals surface area contributed by atoms with E-state index in [1.165, 1.54) is 59.9 Å². The molecule has 0 spiro atoms. The molecule has 0 unspecified atom stereocenters. The molecule has 3 heteroatoms. The molecule has 0 radical (unpaired) electrons. The molecule has 0 saturated carbocycles. The first kappa shape index (κ1) is 20.7. The third-order valence-electron chi connectivity index (χ3n) is 7.48. The molecule has 0 aliphatic carbocycles. The Labute approximate surface area is 217 Å². The summed E-state index contributed by atoms with van der Waals surface area (Å²) in [6, 6.07) is 42.1. The topological polar surface area (TPSA) is 9.86 Å². The Bertz CT molecular complexity index is 1990. The van der Waals surface area contributed by atoms with Crippen LogP contribution in [0.3, 0.4) is 0 Å². The summed E-state index contributed by atoms with van der Waals surface area (Å²) in [6.07, 6.45) is 4.33. The first-order chi connectivity index (χ1) is 18.4. The van der Waals surface area contributed by atoms with Gasteiger partial charge in [0.25, 0.3) is 0 Å². The van der Waals surface area contributed by atoms with E-state index in [1.807, 2.05) is 0 Å². The first-order valence-corrected chi connectivity index (χ1v) is 14.1. The predicted molar refractivity (Wildman–Crippen MR) is 161 cm³/mol. The van der Waals surface area contributed by atoms with E-state index >= 15 is 0 Å². The van der Waals surface area contributed by atoms with E-state index in [-0.39, 0.29) is 10.9 Å². The minimum atomic E-state index is -0.352. The van der Waals surface area contributed by atoms with E-state index in [4.69, 9.17) is 0 Å². The van der Waals surface area contributed by atoms with Gasteiger partial charge in [0.05, 0.1) is 22.1 Å². The van der Waals surface area contributed by atoms with E-state index in [1.54, 1.807) is 0 Å². The minimum absolute atomic E-state index is 0.352. The Morgan fingerprint density at radius 3 is 1.46 bits per heavy atom. The van der Waals surface area contributed by atoms with Crippen LogP contribution in [0.4, 0.5) is 0 Å². The average Bonchev–Trinajstić information content (AvgIpc) is 3.68. The summed E-state index contributed by atoms with van der Waals surface area (Å²) in [6.45, 7) is 0. The van der Waals surface area contributed by atoms with E-state index in [0.29, 0.717) is 0 Å². The smallest absolute Gasteiger partial charge is 0.0541 e. The van der Waals surface area contributed by atoms with Crippen LogP contribution in [0.15, 0.2) is 143 Å². The molecule has 1 aliphatic rings. The predicted octanol–water partition coefficient (Wildman–Crippen LogP) is 9.28. The fourth-order valence-electron chi connectivity index (χ4n) is 5.88. The fraction of sp³-hybridized carbons (Fsp3) is 0. The molecule has 0 saturated heterocycles. The van der Waals surface area contributed by atoms with Crippen molar-refractivity contribution in [3.8, 4) is 11.4 Å². The molecule has 176 valence electrons. The second-order valence-electron chi connectivity index (χ2n) is 9.53. The number of hydrogen-bond donors (Lipinski definition) is 1. The number of allylic oxidation sites excluding steroid dienone is 2. The van der Waals surface area contributed by atoms with Gasteiger partial charge in [-0.3, -0.25) is 0 Å². The molecule has 3 heterocycles. The number of para-hydroxylation sites is 3. The van der Waals surface area contributed by atoms with Crippen molar-refractivity contribution in [3.05, 3.63) is 138 Å². The summed E-state index contributed by atoms with van der Waals surface area (Å²) in [5.41, 5.74) is 7.28. The second kappa shape index (κ2) is 8.02. The highest BCUT2D eigenvalue weighted by atomic mass is 32.2. The molecule has 0 amide bonds. The molecular formula is C34H24N2S. The van der Waals surface area contributed by atoms with Crippen LogP contribution in [0.25, 0.3) is 55.0 Å². The second-order valence-corrected chi connectivity index (χ2v) is 11.5. The van der Waals surface area contributed by atoms with Gasteiger partial charge in [0, 0.05) is 32.9 Å². The van der Waals surface area contributed by atoms with Crippen molar-refractivity contribution in [2.45, 2.75) is 4.90 Å². The first-order valence-electron chi connectivity index (χ1n) is 12.6. The summed E-state index contributed by atoms with van der Waals surface area (Å²) in [5.74, 6) is 0. The molecule has 0 fully saturated rings. The van der Waals surface area contributed by atoms with Crippen LogP contribution >= 0.6 is 10.9 Å². The molecule has 0 N–H and O–H groups in total. The van der Waals surface area contributed by atoms with Crippen LogP contribution in [-0.2, 0) is 0 Å². The Morgan fingerprint density at radius 2 is 0.892 bits per heavy atom. The summed E-state index contributed by atoms with van der Waals surface area (Å²) in [5, 5.41) is 9.82. The van der Waals surface area contributed by atoms with Crippen molar-refractivity contribution in [2.75, 3.05) is 0 Å². The number of thiol groups is 1. The Morgan fingerprint density at radius 1 is 0.405 bits per heavy atom. The van der Waals surface area contributed by atoms with E-state index < -0.39 is 0 Å². The van der Waals surface area contributed by atoms with Gasteiger partial charge in [-0.05, 0) is 70.3 Å². The summed E-state index contributed by atoms with van der Waals surface area (Å²) < 4.78 is 4.81. The van der Waals surface area contributed by atoms with Crippen molar-refractivity contribution < 1.29 is 0 Å². The van der Waals surface area contributed by atoms with Crippen molar-refractivity contribution in [1.82, 2.24) is 9.13 Å². The highest BCUT2D eigenvalue weighted by molar-refractivity contribution is 8.22. The maximum atomic E-state index is 2.42. The van der Waals surface area contributed by atoms with Gasteiger partial charge < -0.3 is 9.13 Å². The Hall–Kier alpha value is -4.47. The third-order valence-corrected chi connectivity index (χ3v) is 9.35. The molecule has 7 aromatic rings. The molecule has 1 aliphatic heterocycles. The normalized spacial score (nSPS) is 14.1. The number of aromatic nitrogens is 2. The third kappa shape index (κ3) is 3.08. The largest absolute Gasteiger partial charge is 0.309 e. The molecule has 37 heavy (non-hydrogen) atoms.